The first-order valence-corrected chi connectivity index (χ1v) is 6.50. The molecule has 0 fully saturated rings. The zero-order chi connectivity index (χ0) is 15.4. The van der Waals surface area contributed by atoms with E-state index in [0.717, 1.165) is 5.56 Å². The van der Waals surface area contributed by atoms with Crippen LogP contribution in [0.2, 0.25) is 0 Å². The molecule has 21 heavy (non-hydrogen) atoms. The number of nitrogens with zero attached hydrogens (tertiary/aromatic N) is 2. The summed E-state index contributed by atoms with van der Waals surface area (Å²) in [5.74, 6) is 0.118. The Morgan fingerprint density at radius 3 is 2.57 bits per heavy atom. The predicted octanol–water partition coefficient (Wildman–Crippen LogP) is 2.51. The van der Waals surface area contributed by atoms with Crippen molar-refractivity contribution in [1.82, 2.24) is 9.78 Å². The zero-order valence-electron chi connectivity index (χ0n) is 12.1. The summed E-state index contributed by atoms with van der Waals surface area (Å²) >= 11 is 0. The van der Waals surface area contributed by atoms with E-state index >= 15 is 0 Å². The molecule has 6 heteroatoms. The number of aryl methyl sites for hydroxylation is 2. The van der Waals surface area contributed by atoms with Gasteiger partial charge in [-0.2, -0.15) is 5.10 Å². The lowest BCUT2D eigenvalue weighted by molar-refractivity contribution is 0.0516. The quantitative estimate of drug-likeness (QED) is 0.624. The van der Waals surface area contributed by atoms with Crippen molar-refractivity contribution in [3.63, 3.8) is 0 Å². The molecule has 1 aromatic heterocycles. The van der Waals surface area contributed by atoms with Crippen LogP contribution in [0.5, 0.6) is 11.6 Å². The first-order chi connectivity index (χ1) is 10.1. The van der Waals surface area contributed by atoms with Crippen molar-refractivity contribution < 1.29 is 19.1 Å². The molecule has 1 aromatic carbocycles. The first-order valence-electron chi connectivity index (χ1n) is 6.50. The molecule has 110 valence electrons. The number of esters is 1. The van der Waals surface area contributed by atoms with E-state index in [1.165, 1.54) is 4.68 Å². The van der Waals surface area contributed by atoms with Crippen molar-refractivity contribution in [3.8, 4) is 11.6 Å². The summed E-state index contributed by atoms with van der Waals surface area (Å²) in [5.41, 5.74) is 1.13. The fraction of sp³-hybridized carbons (Fsp3) is 0.267. The minimum Gasteiger partial charge on any atom is -0.461 e. The Morgan fingerprint density at radius 1 is 1.33 bits per heavy atom. The van der Waals surface area contributed by atoms with Crippen molar-refractivity contribution in [1.29, 1.82) is 0 Å². The topological polar surface area (TPSA) is 70.4 Å². The number of aldehydes is 1. The molecule has 0 saturated carbocycles. The van der Waals surface area contributed by atoms with E-state index in [4.69, 9.17) is 9.47 Å². The number of carbonyl (C=O) groups excluding carboxylic acids is 2. The van der Waals surface area contributed by atoms with E-state index in [-0.39, 0.29) is 23.7 Å². The van der Waals surface area contributed by atoms with Gasteiger partial charge >= 0.3 is 5.97 Å². The molecule has 0 unspecified atom stereocenters. The van der Waals surface area contributed by atoms with Crippen molar-refractivity contribution in [2.45, 2.75) is 13.8 Å². The molecule has 6 nitrogen and oxygen atoms in total. The first kappa shape index (κ1) is 14.8. The minimum atomic E-state index is -0.644. The number of rotatable bonds is 5. The third kappa shape index (κ3) is 3.10. The SMILES string of the molecule is CCOC(=O)c1nn(C)c(Oc2ccc(C)cc2)c1C=O. The maximum atomic E-state index is 11.8. The van der Waals surface area contributed by atoms with Gasteiger partial charge in [-0.15, -0.1) is 0 Å². The van der Waals surface area contributed by atoms with Crippen LogP contribution in [0, 0.1) is 6.92 Å². The number of ether oxygens (including phenoxy) is 2. The van der Waals surface area contributed by atoms with E-state index in [2.05, 4.69) is 5.10 Å². The van der Waals surface area contributed by atoms with E-state index in [1.807, 2.05) is 19.1 Å². The van der Waals surface area contributed by atoms with Crippen LogP contribution in [0.1, 0.15) is 33.3 Å². The van der Waals surface area contributed by atoms with Gasteiger partial charge in [-0.25, -0.2) is 9.48 Å². The molecule has 0 atom stereocenters. The molecule has 0 N–H and O–H groups in total. The Labute approximate surface area is 122 Å². The maximum Gasteiger partial charge on any atom is 0.359 e. The summed E-state index contributed by atoms with van der Waals surface area (Å²) < 4.78 is 11.9. The van der Waals surface area contributed by atoms with E-state index in [0.29, 0.717) is 12.0 Å². The summed E-state index contributed by atoms with van der Waals surface area (Å²) in [5, 5.41) is 4.00. The second-order valence-electron chi connectivity index (χ2n) is 4.44. The Bertz CT molecular complexity index is 659. The third-order valence-electron chi connectivity index (χ3n) is 2.85. The van der Waals surface area contributed by atoms with Crippen LogP contribution in [0.3, 0.4) is 0 Å². The highest BCUT2D eigenvalue weighted by Crippen LogP contribution is 2.26. The van der Waals surface area contributed by atoms with Gasteiger partial charge in [0.25, 0.3) is 0 Å². The van der Waals surface area contributed by atoms with E-state index in [9.17, 15) is 9.59 Å². The normalized spacial score (nSPS) is 10.2. The number of hydrogen-bond acceptors (Lipinski definition) is 5. The monoisotopic (exact) mass is 288 g/mol. The van der Waals surface area contributed by atoms with Gasteiger partial charge in [0.05, 0.1) is 6.61 Å². The molecular formula is C15H16N2O4. The Morgan fingerprint density at radius 2 is 2.00 bits per heavy atom. The third-order valence-corrected chi connectivity index (χ3v) is 2.85. The summed E-state index contributed by atoms with van der Waals surface area (Å²) in [6.45, 7) is 3.86. The van der Waals surface area contributed by atoms with Crippen LogP contribution in [-0.2, 0) is 11.8 Å². The van der Waals surface area contributed by atoms with Gasteiger partial charge in [0.2, 0.25) is 5.88 Å². The van der Waals surface area contributed by atoms with Gasteiger partial charge in [0.1, 0.15) is 11.3 Å². The minimum absolute atomic E-state index is 0.0449. The molecule has 0 aliphatic heterocycles. The highest BCUT2D eigenvalue weighted by Gasteiger charge is 2.24. The van der Waals surface area contributed by atoms with Crippen molar-refractivity contribution in [3.05, 3.63) is 41.1 Å². The van der Waals surface area contributed by atoms with Crippen LogP contribution < -0.4 is 4.74 Å². The average Bonchev–Trinajstić information content (AvgIpc) is 2.78. The largest absolute Gasteiger partial charge is 0.461 e. The second-order valence-corrected chi connectivity index (χ2v) is 4.44. The lowest BCUT2D eigenvalue weighted by Crippen LogP contribution is -2.08. The van der Waals surface area contributed by atoms with Crippen molar-refractivity contribution >= 4 is 12.3 Å². The van der Waals surface area contributed by atoms with Gasteiger partial charge < -0.3 is 9.47 Å². The van der Waals surface area contributed by atoms with Gasteiger partial charge in [-0.3, -0.25) is 4.79 Å². The summed E-state index contributed by atoms with van der Waals surface area (Å²) in [6.07, 6.45) is 0.544. The summed E-state index contributed by atoms with van der Waals surface area (Å²) in [6, 6.07) is 7.33. The van der Waals surface area contributed by atoms with E-state index in [1.54, 1.807) is 26.1 Å². The average molecular weight is 288 g/mol. The molecule has 0 radical (unpaired) electrons. The zero-order valence-corrected chi connectivity index (χ0v) is 12.1. The number of hydrogen-bond donors (Lipinski definition) is 0. The highest BCUT2D eigenvalue weighted by molar-refractivity contribution is 5.98. The Hall–Kier alpha value is -2.63. The molecule has 2 aromatic rings. The number of aromatic nitrogens is 2. The number of carbonyl (C=O) groups is 2. The second kappa shape index (κ2) is 6.21. The van der Waals surface area contributed by atoms with Crippen LogP contribution in [0.4, 0.5) is 0 Å². The number of benzene rings is 1. The van der Waals surface area contributed by atoms with Gasteiger partial charge in [0, 0.05) is 7.05 Å². The highest BCUT2D eigenvalue weighted by atomic mass is 16.5. The molecule has 0 spiro atoms. The Kier molecular flexibility index (Phi) is 4.37. The predicted molar refractivity (Wildman–Crippen MR) is 75.8 cm³/mol. The molecule has 0 aliphatic carbocycles. The van der Waals surface area contributed by atoms with E-state index < -0.39 is 5.97 Å². The van der Waals surface area contributed by atoms with Crippen molar-refractivity contribution in [2.24, 2.45) is 7.05 Å². The van der Waals surface area contributed by atoms with Crippen LogP contribution in [0.15, 0.2) is 24.3 Å². The molecule has 2 rings (SSSR count). The summed E-state index contributed by atoms with van der Waals surface area (Å²) in [7, 11) is 1.60. The van der Waals surface area contributed by atoms with Gasteiger partial charge in [-0.05, 0) is 26.0 Å². The maximum absolute atomic E-state index is 11.8. The summed E-state index contributed by atoms with van der Waals surface area (Å²) in [4.78, 5) is 23.0. The van der Waals surface area contributed by atoms with Crippen molar-refractivity contribution in [2.75, 3.05) is 6.61 Å². The van der Waals surface area contributed by atoms with Gasteiger partial charge in [0.15, 0.2) is 12.0 Å². The lowest BCUT2D eigenvalue weighted by atomic mass is 10.2. The Balaban J connectivity index is 2.37. The van der Waals surface area contributed by atoms with Crippen LogP contribution in [-0.4, -0.2) is 28.6 Å². The molecule has 0 amide bonds. The fourth-order valence-corrected chi connectivity index (χ4v) is 1.82. The smallest absolute Gasteiger partial charge is 0.359 e. The molecule has 0 saturated heterocycles. The van der Waals surface area contributed by atoms with Gasteiger partial charge in [-0.1, -0.05) is 17.7 Å². The molecule has 1 heterocycles. The standard InChI is InChI=1S/C15H16N2O4/c1-4-20-15(19)13-12(9-18)14(17(3)16-13)21-11-7-5-10(2)6-8-11/h5-9H,4H2,1-3H3. The molecule has 0 bridgehead atoms. The van der Waals surface area contributed by atoms with Crippen LogP contribution >= 0.6 is 0 Å². The van der Waals surface area contributed by atoms with Crippen LogP contribution in [0.25, 0.3) is 0 Å². The molecular weight excluding hydrogens is 272 g/mol. The fourth-order valence-electron chi connectivity index (χ4n) is 1.82. The lowest BCUT2D eigenvalue weighted by Gasteiger charge is -2.06. The molecule has 0 aliphatic rings.